The number of hydrogen-bond acceptors (Lipinski definition) is 8. The first-order chi connectivity index (χ1) is 12.5. The maximum Gasteiger partial charge on any atom is 0.333 e. The maximum absolute atomic E-state index is 11.3. The number of ether oxygens (including phenoxy) is 2. The highest BCUT2D eigenvalue weighted by molar-refractivity contribution is 5.87. The van der Waals surface area contributed by atoms with Crippen molar-refractivity contribution < 1.29 is 39.5 Å². The van der Waals surface area contributed by atoms with Crippen LogP contribution in [0.4, 0.5) is 0 Å². The second-order valence-corrected chi connectivity index (χ2v) is 7.01. The van der Waals surface area contributed by atoms with Gasteiger partial charge in [-0.1, -0.05) is 27.0 Å². The zero-order valence-electron chi connectivity index (χ0n) is 16.8. The molecule has 0 aliphatic heterocycles. The van der Waals surface area contributed by atoms with Crippen LogP contribution in [0.25, 0.3) is 0 Å². The van der Waals surface area contributed by atoms with Crippen LogP contribution in [0, 0.1) is 10.8 Å². The van der Waals surface area contributed by atoms with E-state index in [1.807, 2.05) is 6.92 Å². The predicted octanol–water partition coefficient (Wildman–Crippen LogP) is 0.583. The summed E-state index contributed by atoms with van der Waals surface area (Å²) in [7, 11) is 0. The lowest BCUT2D eigenvalue weighted by Gasteiger charge is -2.29. The number of hydrogen-bond donors (Lipinski definition) is 4. The van der Waals surface area contributed by atoms with Gasteiger partial charge in [-0.25, -0.2) is 9.59 Å². The van der Waals surface area contributed by atoms with Gasteiger partial charge < -0.3 is 29.9 Å². The summed E-state index contributed by atoms with van der Waals surface area (Å²) in [5.41, 5.74) is -0.945. The summed E-state index contributed by atoms with van der Waals surface area (Å²) in [4.78, 5) is 22.7. The Morgan fingerprint density at radius 1 is 0.815 bits per heavy atom. The first-order valence-corrected chi connectivity index (χ1v) is 8.55. The number of aliphatic hydroxyl groups excluding tert-OH is 4. The fourth-order valence-electron chi connectivity index (χ4n) is 1.28. The van der Waals surface area contributed by atoms with Gasteiger partial charge in [0, 0.05) is 16.6 Å². The summed E-state index contributed by atoms with van der Waals surface area (Å²) in [6.07, 6.45) is 0.496. The molecular weight excluding hydrogens is 356 g/mol. The Labute approximate surface area is 161 Å². The lowest BCUT2D eigenvalue weighted by molar-refractivity contribution is -0.151. The van der Waals surface area contributed by atoms with Gasteiger partial charge in [-0.15, -0.1) is 0 Å². The SMILES string of the molecule is C=C(C)C(=O)OCC(CC)(CO)COC(=O)C(=C)C.CC(CO)(CO)CO. The van der Waals surface area contributed by atoms with Crippen molar-refractivity contribution in [2.45, 2.75) is 34.1 Å². The second-order valence-electron chi connectivity index (χ2n) is 7.01. The molecule has 0 unspecified atom stereocenters. The molecule has 0 saturated heterocycles. The van der Waals surface area contributed by atoms with Crippen molar-refractivity contribution in [1.29, 1.82) is 0 Å². The summed E-state index contributed by atoms with van der Waals surface area (Å²) in [5, 5.41) is 34.8. The van der Waals surface area contributed by atoms with E-state index in [2.05, 4.69) is 13.2 Å². The Bertz CT molecular complexity index is 450. The topological polar surface area (TPSA) is 134 Å². The number of carbonyl (C=O) groups is 2. The molecule has 0 atom stereocenters. The van der Waals surface area contributed by atoms with Crippen LogP contribution in [0.5, 0.6) is 0 Å². The van der Waals surface area contributed by atoms with Gasteiger partial charge >= 0.3 is 11.9 Å². The lowest BCUT2D eigenvalue weighted by atomic mass is 9.88. The van der Waals surface area contributed by atoms with E-state index in [1.165, 1.54) is 13.8 Å². The van der Waals surface area contributed by atoms with Crippen LogP contribution in [0.3, 0.4) is 0 Å². The molecule has 0 saturated carbocycles. The van der Waals surface area contributed by atoms with Gasteiger partial charge in [0.25, 0.3) is 0 Å². The number of carbonyl (C=O) groups excluding carboxylic acids is 2. The minimum Gasteiger partial charge on any atom is -0.462 e. The highest BCUT2D eigenvalue weighted by Gasteiger charge is 2.31. The van der Waals surface area contributed by atoms with E-state index in [1.54, 1.807) is 6.92 Å². The molecule has 158 valence electrons. The normalized spacial score (nSPS) is 11.1. The van der Waals surface area contributed by atoms with Crippen LogP contribution < -0.4 is 0 Å². The van der Waals surface area contributed by atoms with E-state index in [4.69, 9.17) is 24.8 Å². The standard InChI is InChI=1S/C14H22O5.C5H12O3/c1-6-14(7-15,8-18-12(16)10(2)3)9-19-13(17)11(4)5;1-5(2-6,3-7)4-8/h15H,2,4,6-9H2,1,3,5H3;6-8H,2-4H2,1H3. The summed E-state index contributed by atoms with van der Waals surface area (Å²) in [5.74, 6) is -1.06. The van der Waals surface area contributed by atoms with Crippen LogP contribution >= 0.6 is 0 Å². The second kappa shape index (κ2) is 13.4. The third-order valence-corrected chi connectivity index (χ3v) is 3.95. The molecular formula is C19H34O8. The molecule has 0 rings (SSSR count). The number of esters is 2. The predicted molar refractivity (Wildman–Crippen MR) is 101 cm³/mol. The van der Waals surface area contributed by atoms with Crippen molar-refractivity contribution in [3.05, 3.63) is 24.3 Å². The van der Waals surface area contributed by atoms with Gasteiger partial charge in [0.1, 0.15) is 13.2 Å². The van der Waals surface area contributed by atoms with E-state index in [9.17, 15) is 14.7 Å². The van der Waals surface area contributed by atoms with E-state index in [-0.39, 0.29) is 50.8 Å². The number of aliphatic hydroxyl groups is 4. The van der Waals surface area contributed by atoms with E-state index in [0.29, 0.717) is 6.42 Å². The Hall–Kier alpha value is -1.74. The largest absolute Gasteiger partial charge is 0.462 e. The van der Waals surface area contributed by atoms with Gasteiger partial charge in [0.15, 0.2) is 0 Å². The molecule has 0 bridgehead atoms. The highest BCUT2D eigenvalue weighted by atomic mass is 16.5. The zero-order valence-corrected chi connectivity index (χ0v) is 16.8. The Balaban J connectivity index is 0. The smallest absolute Gasteiger partial charge is 0.333 e. The van der Waals surface area contributed by atoms with Gasteiger partial charge in [0.2, 0.25) is 0 Å². The van der Waals surface area contributed by atoms with Crippen molar-refractivity contribution in [3.63, 3.8) is 0 Å². The molecule has 0 fully saturated rings. The van der Waals surface area contributed by atoms with E-state index in [0.717, 1.165) is 0 Å². The fraction of sp³-hybridized carbons (Fsp3) is 0.684. The van der Waals surface area contributed by atoms with E-state index < -0.39 is 22.8 Å². The molecule has 0 aromatic rings. The highest BCUT2D eigenvalue weighted by Crippen LogP contribution is 2.23. The van der Waals surface area contributed by atoms with Crippen LogP contribution in [0.2, 0.25) is 0 Å². The summed E-state index contributed by atoms with van der Waals surface area (Å²) in [6.45, 7) is 12.6. The third-order valence-electron chi connectivity index (χ3n) is 3.95. The summed E-state index contributed by atoms with van der Waals surface area (Å²) in [6, 6.07) is 0. The fourth-order valence-corrected chi connectivity index (χ4v) is 1.28. The Kier molecular flexibility index (Phi) is 13.7. The number of rotatable bonds is 11. The van der Waals surface area contributed by atoms with Gasteiger partial charge in [-0.3, -0.25) is 0 Å². The van der Waals surface area contributed by atoms with Crippen molar-refractivity contribution in [2.24, 2.45) is 10.8 Å². The van der Waals surface area contributed by atoms with Crippen LogP contribution in [-0.4, -0.2) is 72.0 Å². The molecule has 0 spiro atoms. The van der Waals surface area contributed by atoms with Crippen LogP contribution in [0.1, 0.15) is 34.1 Å². The monoisotopic (exact) mass is 390 g/mol. The minimum atomic E-state index is -0.795. The molecule has 0 amide bonds. The average molecular weight is 390 g/mol. The molecule has 8 heteroatoms. The van der Waals surface area contributed by atoms with Crippen molar-refractivity contribution in [3.8, 4) is 0 Å². The average Bonchev–Trinajstić information content (AvgIpc) is 2.67. The molecule has 27 heavy (non-hydrogen) atoms. The Morgan fingerprint density at radius 2 is 1.15 bits per heavy atom. The molecule has 0 radical (unpaired) electrons. The maximum atomic E-state index is 11.3. The molecule has 0 aromatic heterocycles. The minimum absolute atomic E-state index is 0.0326. The lowest BCUT2D eigenvalue weighted by Crippen LogP contribution is -2.37. The third kappa shape index (κ3) is 10.9. The molecule has 0 aromatic carbocycles. The first kappa shape index (κ1) is 27.5. The molecule has 8 nitrogen and oxygen atoms in total. The first-order valence-electron chi connectivity index (χ1n) is 8.55. The molecule has 4 N–H and O–H groups in total. The van der Waals surface area contributed by atoms with Crippen LogP contribution in [0.15, 0.2) is 24.3 Å². The zero-order chi connectivity index (χ0) is 21.7. The molecule has 0 aliphatic rings. The van der Waals surface area contributed by atoms with Crippen molar-refractivity contribution in [2.75, 3.05) is 39.6 Å². The van der Waals surface area contributed by atoms with Crippen molar-refractivity contribution >= 4 is 11.9 Å². The van der Waals surface area contributed by atoms with Crippen LogP contribution in [-0.2, 0) is 19.1 Å². The van der Waals surface area contributed by atoms with Crippen molar-refractivity contribution in [1.82, 2.24) is 0 Å². The van der Waals surface area contributed by atoms with E-state index >= 15 is 0 Å². The Morgan fingerprint density at radius 3 is 1.30 bits per heavy atom. The van der Waals surface area contributed by atoms with Gasteiger partial charge in [-0.2, -0.15) is 0 Å². The summed E-state index contributed by atoms with van der Waals surface area (Å²) >= 11 is 0. The van der Waals surface area contributed by atoms with Gasteiger partial charge in [-0.05, 0) is 20.3 Å². The molecule has 0 heterocycles. The quantitative estimate of drug-likeness (QED) is 0.297. The molecule has 0 aliphatic carbocycles. The summed E-state index contributed by atoms with van der Waals surface area (Å²) < 4.78 is 10.1. The van der Waals surface area contributed by atoms with Gasteiger partial charge in [0.05, 0.1) is 31.8 Å².